The number of halogens is 1. The number of thiophene rings is 1. The number of fused-ring (bicyclic) bond motifs is 1. The van der Waals surface area contributed by atoms with Gasteiger partial charge in [0.2, 0.25) is 0 Å². The number of ketones is 1. The van der Waals surface area contributed by atoms with Gasteiger partial charge in [-0.05, 0) is 65.7 Å². The third kappa shape index (κ3) is 3.58. The minimum atomic E-state index is -0.815. The van der Waals surface area contributed by atoms with Gasteiger partial charge in [0.25, 0.3) is 11.7 Å². The Morgan fingerprint density at radius 3 is 2.72 bits per heavy atom. The van der Waals surface area contributed by atoms with Crippen molar-refractivity contribution in [3.63, 3.8) is 0 Å². The minimum Gasteiger partial charge on any atom is -0.507 e. The van der Waals surface area contributed by atoms with Gasteiger partial charge in [-0.15, -0.1) is 11.3 Å². The summed E-state index contributed by atoms with van der Waals surface area (Å²) >= 11 is 1.48. The molecule has 5 nitrogen and oxygen atoms in total. The monoisotopic (exact) mass is 449 g/mol. The van der Waals surface area contributed by atoms with E-state index in [2.05, 4.69) is 0 Å². The second-order valence-electron chi connectivity index (χ2n) is 7.83. The molecule has 0 saturated carbocycles. The number of rotatable bonds is 4. The predicted octanol–water partition coefficient (Wildman–Crippen LogP) is 4.83. The third-order valence-corrected chi connectivity index (χ3v) is 6.68. The van der Waals surface area contributed by atoms with Gasteiger partial charge >= 0.3 is 0 Å². The highest BCUT2D eigenvalue weighted by Gasteiger charge is 2.46. The molecule has 2 aliphatic rings. The Hall–Kier alpha value is -3.45. The van der Waals surface area contributed by atoms with Crippen molar-refractivity contribution in [2.75, 3.05) is 6.61 Å². The van der Waals surface area contributed by atoms with Gasteiger partial charge in [0.15, 0.2) is 0 Å². The van der Waals surface area contributed by atoms with E-state index in [9.17, 15) is 19.1 Å². The summed E-state index contributed by atoms with van der Waals surface area (Å²) in [6, 6.07) is 13.9. The number of hydrogen-bond acceptors (Lipinski definition) is 5. The standard InChI is InChI=1S/C25H20FNO4S/c26-18-8-5-15(6-9-18)22-21(24(29)25(30)27(22)14-19-4-2-12-32-19)23(28)17-7-10-20-16(13-17)3-1-11-31-20/h2,4-10,12-13,22,28H,1,3,11,14H2/b23-21-. The first kappa shape index (κ1) is 20.5. The van der Waals surface area contributed by atoms with Crippen LogP contribution in [-0.2, 0) is 22.6 Å². The number of ether oxygens (including phenoxy) is 1. The van der Waals surface area contributed by atoms with Crippen LogP contribution in [0.25, 0.3) is 5.76 Å². The Morgan fingerprint density at radius 2 is 1.97 bits per heavy atom. The number of likely N-dealkylation sites (tertiary alicyclic amines) is 1. The largest absolute Gasteiger partial charge is 0.507 e. The lowest BCUT2D eigenvalue weighted by Gasteiger charge is -2.25. The summed E-state index contributed by atoms with van der Waals surface area (Å²) in [5, 5.41) is 13.1. The first-order chi connectivity index (χ1) is 15.5. The van der Waals surface area contributed by atoms with Gasteiger partial charge < -0.3 is 14.7 Å². The SMILES string of the molecule is O=C1C(=O)N(Cc2cccs2)C(c2ccc(F)cc2)/C1=C(/O)c1ccc2c(c1)CCCO2. The molecule has 7 heteroatoms. The lowest BCUT2D eigenvalue weighted by Crippen LogP contribution is -2.28. The van der Waals surface area contributed by atoms with E-state index < -0.39 is 23.5 Å². The van der Waals surface area contributed by atoms with Crippen molar-refractivity contribution in [1.82, 2.24) is 4.90 Å². The molecule has 1 unspecified atom stereocenters. The average molecular weight is 450 g/mol. The molecule has 3 aromatic rings. The molecule has 1 N–H and O–H groups in total. The van der Waals surface area contributed by atoms with Crippen LogP contribution in [0.2, 0.25) is 0 Å². The summed E-state index contributed by atoms with van der Waals surface area (Å²) in [5.41, 5.74) is 1.97. The van der Waals surface area contributed by atoms with Crippen LogP contribution in [-0.4, -0.2) is 28.3 Å². The van der Waals surface area contributed by atoms with Gasteiger partial charge in [-0.1, -0.05) is 18.2 Å². The van der Waals surface area contributed by atoms with Crippen molar-refractivity contribution < 1.29 is 23.8 Å². The first-order valence-electron chi connectivity index (χ1n) is 10.4. The topological polar surface area (TPSA) is 66.8 Å². The van der Waals surface area contributed by atoms with E-state index in [0.717, 1.165) is 29.0 Å². The molecule has 1 fully saturated rings. The van der Waals surface area contributed by atoms with E-state index in [-0.39, 0.29) is 17.9 Å². The van der Waals surface area contributed by atoms with Crippen molar-refractivity contribution in [2.24, 2.45) is 0 Å². The van der Waals surface area contributed by atoms with Crippen LogP contribution in [0.4, 0.5) is 4.39 Å². The van der Waals surface area contributed by atoms with Crippen LogP contribution in [0.3, 0.4) is 0 Å². The molecule has 1 saturated heterocycles. The molecule has 0 spiro atoms. The fraction of sp³-hybridized carbons (Fsp3) is 0.200. The van der Waals surface area contributed by atoms with E-state index >= 15 is 0 Å². The molecule has 2 aromatic carbocycles. The van der Waals surface area contributed by atoms with E-state index in [4.69, 9.17) is 4.74 Å². The Balaban J connectivity index is 1.63. The molecule has 0 bridgehead atoms. The lowest BCUT2D eigenvalue weighted by molar-refractivity contribution is -0.140. The number of aliphatic hydroxyl groups is 1. The summed E-state index contributed by atoms with van der Waals surface area (Å²) in [4.78, 5) is 28.4. The molecule has 0 aliphatic carbocycles. The van der Waals surface area contributed by atoms with Crippen LogP contribution in [0.1, 0.15) is 34.0 Å². The van der Waals surface area contributed by atoms with Crippen LogP contribution >= 0.6 is 11.3 Å². The molecule has 2 aliphatic heterocycles. The van der Waals surface area contributed by atoms with Gasteiger partial charge in [0, 0.05) is 10.4 Å². The highest BCUT2D eigenvalue weighted by Crippen LogP contribution is 2.41. The fourth-order valence-electron chi connectivity index (χ4n) is 4.27. The van der Waals surface area contributed by atoms with Crippen LogP contribution in [0, 0.1) is 5.82 Å². The van der Waals surface area contributed by atoms with Crippen molar-refractivity contribution >= 4 is 28.8 Å². The number of nitrogens with zero attached hydrogens (tertiary/aromatic N) is 1. The van der Waals surface area contributed by atoms with Gasteiger partial charge in [0.1, 0.15) is 17.3 Å². The maximum atomic E-state index is 13.6. The number of carbonyl (C=O) groups is 2. The van der Waals surface area contributed by atoms with Crippen molar-refractivity contribution in [3.8, 4) is 5.75 Å². The molecule has 1 atom stereocenters. The predicted molar refractivity (Wildman–Crippen MR) is 119 cm³/mol. The van der Waals surface area contributed by atoms with Crippen LogP contribution in [0.15, 0.2) is 65.6 Å². The summed E-state index contributed by atoms with van der Waals surface area (Å²) < 4.78 is 19.2. The van der Waals surface area contributed by atoms with Crippen molar-refractivity contribution in [1.29, 1.82) is 0 Å². The maximum Gasteiger partial charge on any atom is 0.295 e. The zero-order valence-electron chi connectivity index (χ0n) is 17.1. The zero-order chi connectivity index (χ0) is 22.2. The van der Waals surface area contributed by atoms with E-state index in [1.54, 1.807) is 30.3 Å². The van der Waals surface area contributed by atoms with Crippen molar-refractivity contribution in [2.45, 2.75) is 25.4 Å². The quantitative estimate of drug-likeness (QED) is 0.352. The van der Waals surface area contributed by atoms with Gasteiger partial charge in [0.05, 0.1) is 24.8 Å². The first-order valence-corrected chi connectivity index (χ1v) is 11.2. The summed E-state index contributed by atoms with van der Waals surface area (Å²) in [7, 11) is 0. The average Bonchev–Trinajstić information content (AvgIpc) is 3.41. The molecule has 32 heavy (non-hydrogen) atoms. The normalized spacial score (nSPS) is 19.7. The molecular formula is C25H20FNO4S. The van der Waals surface area contributed by atoms with E-state index in [1.165, 1.54) is 28.4 Å². The minimum absolute atomic E-state index is 0.00911. The fourth-order valence-corrected chi connectivity index (χ4v) is 4.97. The van der Waals surface area contributed by atoms with Gasteiger partial charge in [-0.2, -0.15) is 0 Å². The second kappa shape index (κ2) is 8.24. The Labute approximate surface area is 188 Å². The third-order valence-electron chi connectivity index (χ3n) is 5.81. The Bertz CT molecular complexity index is 1220. The number of aryl methyl sites for hydroxylation is 1. The molecule has 5 rings (SSSR count). The summed E-state index contributed by atoms with van der Waals surface area (Å²) in [6.45, 7) is 0.871. The number of benzene rings is 2. The van der Waals surface area contributed by atoms with Crippen LogP contribution < -0.4 is 4.74 Å². The van der Waals surface area contributed by atoms with Crippen molar-refractivity contribution in [3.05, 3.63) is 92.9 Å². The number of hydrogen-bond donors (Lipinski definition) is 1. The molecule has 1 aromatic heterocycles. The lowest BCUT2D eigenvalue weighted by atomic mass is 9.94. The Morgan fingerprint density at radius 1 is 1.16 bits per heavy atom. The molecule has 3 heterocycles. The Kier molecular flexibility index (Phi) is 5.27. The highest BCUT2D eigenvalue weighted by molar-refractivity contribution is 7.09. The molecule has 0 radical (unpaired) electrons. The summed E-state index contributed by atoms with van der Waals surface area (Å²) in [5.74, 6) is -1.32. The molecule has 162 valence electrons. The summed E-state index contributed by atoms with van der Waals surface area (Å²) in [6.07, 6.45) is 1.68. The highest BCUT2D eigenvalue weighted by atomic mass is 32.1. The number of aliphatic hydroxyl groups excluding tert-OH is 1. The maximum absolute atomic E-state index is 13.6. The molecular weight excluding hydrogens is 429 g/mol. The number of amides is 1. The van der Waals surface area contributed by atoms with Crippen LogP contribution in [0.5, 0.6) is 5.75 Å². The van der Waals surface area contributed by atoms with Gasteiger partial charge in [-0.25, -0.2) is 4.39 Å². The molecule has 1 amide bonds. The zero-order valence-corrected chi connectivity index (χ0v) is 17.9. The number of carbonyl (C=O) groups excluding carboxylic acids is 2. The van der Waals surface area contributed by atoms with Gasteiger partial charge in [-0.3, -0.25) is 9.59 Å². The van der Waals surface area contributed by atoms with E-state index in [0.29, 0.717) is 17.7 Å². The number of Topliss-reactive ketones (excluding diaryl/α,β-unsaturated/α-hetero) is 1. The second-order valence-corrected chi connectivity index (χ2v) is 8.86. The van der Waals surface area contributed by atoms with E-state index in [1.807, 2.05) is 17.5 Å². The smallest absolute Gasteiger partial charge is 0.295 e.